The van der Waals surface area contributed by atoms with Gasteiger partial charge < -0.3 is 24.8 Å². The second-order valence-electron chi connectivity index (χ2n) is 19.2. The summed E-state index contributed by atoms with van der Waals surface area (Å²) in [7, 11) is 0. The van der Waals surface area contributed by atoms with Gasteiger partial charge in [0.15, 0.2) is 0 Å². The number of aryl methyl sites for hydroxylation is 1. The summed E-state index contributed by atoms with van der Waals surface area (Å²) in [5, 5.41) is 5.61. The third kappa shape index (κ3) is 9.72. The average molecular weight is 889 g/mol. The van der Waals surface area contributed by atoms with E-state index in [1.807, 2.05) is 0 Å². The number of hydrogen-bond donors (Lipinski definition) is 0. The molecule has 4 heteroatoms. The van der Waals surface area contributed by atoms with Crippen LogP contribution in [0.25, 0.3) is 43.8 Å². The average Bonchev–Trinajstić information content (AvgIpc) is 3.94. The molecule has 0 heterocycles. The molecule has 0 N–H and O–H groups in total. The molecule has 0 saturated heterocycles. The van der Waals surface area contributed by atoms with E-state index in [4.69, 9.17) is 0 Å². The first-order valence-electron chi connectivity index (χ1n) is 21.6. The SMILES string of the molecule is CC(C)(C)c1ccc(-c2cccc3[cH-]c(C4CCCC4)cc23)cc1.CCc1cc2c(-c3ccc(C45CC6CC(CC(C6)C4)C5)cc3)cccc2[cH-]1.C[Si](C)=[Zr+2].[Cl-].[Cl-]. The molecule has 5 saturated carbocycles. The molecule has 0 unspecified atom stereocenters. The molecule has 0 nitrogen and oxygen atoms in total. The molecule has 5 fully saturated rings. The van der Waals surface area contributed by atoms with Crippen molar-refractivity contribution < 1.29 is 48.1 Å². The zero-order valence-corrected chi connectivity index (χ0v) is 40.2. The summed E-state index contributed by atoms with van der Waals surface area (Å²) in [6.07, 6.45) is 15.6. The predicted octanol–water partition coefficient (Wildman–Crippen LogP) is 9.23. The fraction of sp³-hybridized carbons (Fsp3) is 0.434. The summed E-state index contributed by atoms with van der Waals surface area (Å²) in [5.74, 6) is 3.83. The standard InChI is InChI=1S/C27H29.C24H27.C2H6Si.2ClH.Zr/c1-2-18-13-23-4-3-5-25(26(23)14-18)22-6-8-24(9-7-22)27-15-19-10-20(16-27)12-21(11-19)17-27;1-24(2,3)21-13-11-18(12-14-21)22-10-6-9-19-15-20(16-23(19)22)17-7-4-5-8-17;1-3-2;;;/h3-9,13-14,19-21H,2,10-12,15-17H2,1H3;6,9-17H,4-5,7-8H2,1-3H3;1-2H3;2*1H;/q2*-1;;;;+2/p-2. The van der Waals surface area contributed by atoms with Gasteiger partial charge in [-0.15, -0.1) is 69.1 Å². The second-order valence-corrected chi connectivity index (χ2v) is 28.6. The number of rotatable bonds is 5. The van der Waals surface area contributed by atoms with Crippen LogP contribution in [0, 0.1) is 17.8 Å². The third-order valence-corrected chi connectivity index (χ3v) is 13.7. The van der Waals surface area contributed by atoms with Crippen molar-refractivity contribution in [2.45, 2.75) is 128 Å². The Hall–Kier alpha value is -2.22. The van der Waals surface area contributed by atoms with Crippen molar-refractivity contribution in [3.8, 4) is 22.3 Å². The van der Waals surface area contributed by atoms with Crippen LogP contribution < -0.4 is 24.8 Å². The van der Waals surface area contributed by atoms with E-state index in [-0.39, 0.29) is 35.7 Å². The zero-order chi connectivity index (χ0) is 38.3. The minimum atomic E-state index is 0. The summed E-state index contributed by atoms with van der Waals surface area (Å²) in [4.78, 5) is 0. The maximum absolute atomic E-state index is 2.48. The predicted molar refractivity (Wildman–Crippen MR) is 237 cm³/mol. The van der Waals surface area contributed by atoms with E-state index in [1.165, 1.54) is 119 Å². The van der Waals surface area contributed by atoms with Gasteiger partial charge in [0, 0.05) is 0 Å². The van der Waals surface area contributed by atoms with Crippen molar-refractivity contribution >= 4 is 27.0 Å². The van der Waals surface area contributed by atoms with Gasteiger partial charge in [-0.2, -0.15) is 12.1 Å². The Morgan fingerprint density at radius 2 is 1.14 bits per heavy atom. The van der Waals surface area contributed by atoms with Crippen LogP contribution in [-0.2, 0) is 40.6 Å². The van der Waals surface area contributed by atoms with Gasteiger partial charge in [0.25, 0.3) is 0 Å². The fourth-order valence-corrected chi connectivity index (χ4v) is 11.4. The topological polar surface area (TPSA) is 0 Å². The largest absolute Gasteiger partial charge is 1.00 e. The number of fused-ring (bicyclic) bond motifs is 2. The Bertz CT molecular complexity index is 2220. The van der Waals surface area contributed by atoms with Gasteiger partial charge in [-0.25, -0.2) is 0 Å². The van der Waals surface area contributed by atoms with Crippen molar-refractivity contribution in [2.24, 2.45) is 17.8 Å². The molecule has 0 aliphatic heterocycles. The van der Waals surface area contributed by atoms with Crippen molar-refractivity contribution in [2.75, 3.05) is 0 Å². The van der Waals surface area contributed by atoms with E-state index in [9.17, 15) is 0 Å². The Labute approximate surface area is 372 Å². The molecule has 5 aliphatic rings. The zero-order valence-electron chi connectivity index (χ0n) is 35.2. The molecule has 0 amide bonds. The van der Waals surface area contributed by atoms with Crippen LogP contribution >= 0.6 is 0 Å². The van der Waals surface area contributed by atoms with Crippen LogP contribution in [0.1, 0.15) is 120 Å². The first-order valence-corrected chi connectivity index (χ1v) is 27.8. The van der Waals surface area contributed by atoms with Crippen molar-refractivity contribution in [1.82, 2.24) is 0 Å². The molecule has 0 aromatic heterocycles. The monoisotopic (exact) mass is 886 g/mol. The molecular formula is C53H62Cl2SiZr-2. The molecule has 6 aromatic carbocycles. The molecule has 0 spiro atoms. The van der Waals surface area contributed by atoms with Crippen molar-refractivity contribution in [3.63, 3.8) is 0 Å². The summed E-state index contributed by atoms with van der Waals surface area (Å²) in [6, 6.07) is 42.0. The van der Waals surface area contributed by atoms with E-state index in [2.05, 4.69) is 150 Å². The molecule has 6 aromatic rings. The summed E-state index contributed by atoms with van der Waals surface area (Å²) in [6.45, 7) is 13.7. The smallest absolute Gasteiger partial charge is 1.00 e. The molecule has 4 bridgehead atoms. The van der Waals surface area contributed by atoms with E-state index in [0.717, 1.165) is 30.1 Å². The molecule has 298 valence electrons. The van der Waals surface area contributed by atoms with Crippen molar-refractivity contribution in [1.29, 1.82) is 0 Å². The van der Waals surface area contributed by atoms with E-state index < -0.39 is 0 Å². The Morgan fingerprint density at radius 1 is 0.667 bits per heavy atom. The van der Waals surface area contributed by atoms with Crippen LogP contribution in [0.15, 0.2) is 109 Å². The Balaban J connectivity index is 0.000000172. The molecular weight excluding hydrogens is 827 g/mol. The number of benzene rings is 4. The summed E-state index contributed by atoms with van der Waals surface area (Å²) in [5.41, 5.74) is 12.4. The quantitative estimate of drug-likeness (QED) is 0.120. The molecule has 0 atom stereocenters. The van der Waals surface area contributed by atoms with Crippen LogP contribution in [0.4, 0.5) is 0 Å². The van der Waals surface area contributed by atoms with E-state index in [1.54, 1.807) is 34.5 Å². The molecule has 11 rings (SSSR count). The van der Waals surface area contributed by atoms with Gasteiger partial charge in [-0.05, 0) is 115 Å². The van der Waals surface area contributed by atoms with E-state index >= 15 is 0 Å². The number of hydrogen-bond acceptors (Lipinski definition) is 0. The van der Waals surface area contributed by atoms with Gasteiger partial charge in [-0.3, -0.25) is 0 Å². The van der Waals surface area contributed by atoms with Gasteiger partial charge in [0.1, 0.15) is 0 Å². The number of halogens is 2. The minimum Gasteiger partial charge on any atom is -1.00 e. The molecule has 5 aliphatic carbocycles. The fourth-order valence-electron chi connectivity index (χ4n) is 11.4. The van der Waals surface area contributed by atoms with Crippen LogP contribution in [0.5, 0.6) is 0 Å². The Kier molecular flexibility index (Phi) is 14.5. The summed E-state index contributed by atoms with van der Waals surface area (Å²) >= 11 is 1.74. The maximum Gasteiger partial charge on any atom is -1.00 e. The van der Waals surface area contributed by atoms with Crippen molar-refractivity contribution in [3.05, 3.63) is 131 Å². The van der Waals surface area contributed by atoms with Crippen LogP contribution in [0.2, 0.25) is 13.1 Å². The molecule has 0 radical (unpaired) electrons. The minimum absolute atomic E-state index is 0. The van der Waals surface area contributed by atoms with Crippen LogP contribution in [-0.4, -0.2) is 5.43 Å². The van der Waals surface area contributed by atoms with Gasteiger partial charge in [0.2, 0.25) is 0 Å². The summed E-state index contributed by atoms with van der Waals surface area (Å²) < 4.78 is 0. The van der Waals surface area contributed by atoms with Gasteiger partial charge in [0.05, 0.1) is 0 Å². The van der Waals surface area contributed by atoms with Gasteiger partial charge in [-0.1, -0.05) is 112 Å². The Morgan fingerprint density at radius 3 is 1.63 bits per heavy atom. The second kappa shape index (κ2) is 18.6. The maximum atomic E-state index is 2.48. The normalized spacial score (nSPS) is 22.3. The van der Waals surface area contributed by atoms with Crippen LogP contribution in [0.3, 0.4) is 0 Å². The van der Waals surface area contributed by atoms with E-state index in [0.29, 0.717) is 5.41 Å². The van der Waals surface area contributed by atoms with Gasteiger partial charge >= 0.3 is 41.9 Å². The third-order valence-electron chi connectivity index (χ3n) is 13.7. The first-order chi connectivity index (χ1) is 26.5. The molecule has 57 heavy (non-hydrogen) atoms. The first kappa shape index (κ1) is 44.3.